The zero-order valence-corrected chi connectivity index (χ0v) is 15.2. The van der Waals surface area contributed by atoms with Crippen molar-refractivity contribution in [2.24, 2.45) is 0 Å². The number of aliphatic hydroxyl groups is 2. The third-order valence-electron chi connectivity index (χ3n) is 4.33. The van der Waals surface area contributed by atoms with Crippen LogP contribution in [0.3, 0.4) is 0 Å². The van der Waals surface area contributed by atoms with E-state index < -0.39 is 6.10 Å². The highest BCUT2D eigenvalue weighted by Gasteiger charge is 2.21. The molecular weight excluding hydrogens is 276 g/mol. The van der Waals surface area contributed by atoms with Gasteiger partial charge in [0.15, 0.2) is 0 Å². The molecule has 0 aliphatic rings. The molecule has 0 aliphatic carbocycles. The maximum atomic E-state index is 9.92. The Balaban J connectivity index is 3.80. The van der Waals surface area contributed by atoms with Crippen molar-refractivity contribution in [3.63, 3.8) is 0 Å². The van der Waals surface area contributed by atoms with E-state index in [1.165, 1.54) is 51.4 Å². The minimum atomic E-state index is -0.742. The monoisotopic (exact) mass is 316 g/mol. The van der Waals surface area contributed by atoms with Gasteiger partial charge in [0, 0.05) is 0 Å². The molecule has 22 heavy (non-hydrogen) atoms. The topological polar surface area (TPSA) is 49.7 Å². The molecule has 0 fully saturated rings. The lowest BCUT2D eigenvalue weighted by Gasteiger charge is -2.26. The van der Waals surface area contributed by atoms with Crippen molar-refractivity contribution >= 4 is 0 Å². The van der Waals surface area contributed by atoms with Gasteiger partial charge in [-0.2, -0.15) is 0 Å². The van der Waals surface area contributed by atoms with Gasteiger partial charge in [0.1, 0.15) is 6.10 Å². The fourth-order valence-corrected chi connectivity index (χ4v) is 2.81. The van der Waals surface area contributed by atoms with Crippen LogP contribution in [0.2, 0.25) is 0 Å². The fourth-order valence-electron chi connectivity index (χ4n) is 2.81. The number of hydrogen-bond donors (Lipinski definition) is 2. The predicted octanol–water partition coefficient (Wildman–Crippen LogP) is 4.83. The van der Waals surface area contributed by atoms with Crippen molar-refractivity contribution in [1.82, 2.24) is 0 Å². The number of ether oxygens (including phenoxy) is 1. The van der Waals surface area contributed by atoms with Crippen LogP contribution in [0.25, 0.3) is 0 Å². The molecule has 0 amide bonds. The summed E-state index contributed by atoms with van der Waals surface area (Å²) in [5.74, 6) is 0. The Labute approximate surface area is 138 Å². The summed E-state index contributed by atoms with van der Waals surface area (Å²) in [6.07, 6.45) is 13.7. The molecule has 3 heteroatoms. The van der Waals surface area contributed by atoms with Crippen LogP contribution in [0.5, 0.6) is 0 Å². The summed E-state index contributed by atoms with van der Waals surface area (Å²) in [6.45, 7) is 6.28. The van der Waals surface area contributed by atoms with Gasteiger partial charge in [0.05, 0.1) is 18.8 Å². The summed E-state index contributed by atoms with van der Waals surface area (Å²) in [4.78, 5) is 0. The first-order chi connectivity index (χ1) is 10.7. The molecule has 0 rings (SSSR count). The lowest BCUT2D eigenvalue weighted by Crippen LogP contribution is -2.34. The van der Waals surface area contributed by atoms with Gasteiger partial charge in [-0.15, -0.1) is 0 Å². The van der Waals surface area contributed by atoms with Gasteiger partial charge in [-0.05, 0) is 19.8 Å². The van der Waals surface area contributed by atoms with Crippen molar-refractivity contribution in [2.45, 2.75) is 116 Å². The van der Waals surface area contributed by atoms with Crippen LogP contribution in [0.1, 0.15) is 97.8 Å². The fraction of sp³-hybridized carbons (Fsp3) is 1.00. The maximum Gasteiger partial charge on any atom is 0.103 e. The van der Waals surface area contributed by atoms with Gasteiger partial charge < -0.3 is 14.9 Å². The molecular formula is C19H40O3. The van der Waals surface area contributed by atoms with Crippen molar-refractivity contribution in [3.8, 4) is 0 Å². The van der Waals surface area contributed by atoms with Gasteiger partial charge in [0.25, 0.3) is 0 Å². The standard InChI is InChI=1S/C19H40O3/c1-4-6-8-9-10-11-12-13-15-19(18(21)16-20)22-17(3)14-7-5-2/h17-21H,4-16H2,1-3H3. The number of aliphatic hydroxyl groups excluding tert-OH is 2. The molecule has 0 radical (unpaired) electrons. The van der Waals surface area contributed by atoms with E-state index in [1.807, 2.05) is 0 Å². The quantitative estimate of drug-likeness (QED) is 0.401. The van der Waals surface area contributed by atoms with Crippen molar-refractivity contribution in [3.05, 3.63) is 0 Å². The van der Waals surface area contributed by atoms with Gasteiger partial charge in [-0.3, -0.25) is 0 Å². The molecule has 0 bridgehead atoms. The summed E-state index contributed by atoms with van der Waals surface area (Å²) >= 11 is 0. The normalized spacial score (nSPS) is 15.7. The molecule has 0 spiro atoms. The van der Waals surface area contributed by atoms with E-state index in [0.29, 0.717) is 0 Å². The van der Waals surface area contributed by atoms with Crippen LogP contribution < -0.4 is 0 Å². The second kappa shape index (κ2) is 15.8. The van der Waals surface area contributed by atoms with E-state index in [1.54, 1.807) is 0 Å². The molecule has 0 saturated carbocycles. The van der Waals surface area contributed by atoms with Crippen LogP contribution >= 0.6 is 0 Å². The van der Waals surface area contributed by atoms with Gasteiger partial charge in [-0.1, -0.05) is 78.1 Å². The van der Waals surface area contributed by atoms with E-state index in [9.17, 15) is 10.2 Å². The minimum Gasteiger partial charge on any atom is -0.394 e. The summed E-state index contributed by atoms with van der Waals surface area (Å²) in [7, 11) is 0. The van der Waals surface area contributed by atoms with Crippen LogP contribution in [0, 0.1) is 0 Å². The Morgan fingerprint density at radius 2 is 1.32 bits per heavy atom. The Kier molecular flexibility index (Phi) is 15.7. The Bertz CT molecular complexity index is 221. The van der Waals surface area contributed by atoms with Crippen LogP contribution in [0.4, 0.5) is 0 Å². The first-order valence-corrected chi connectivity index (χ1v) is 9.60. The molecule has 134 valence electrons. The van der Waals surface area contributed by atoms with E-state index in [4.69, 9.17) is 4.74 Å². The Morgan fingerprint density at radius 1 is 0.773 bits per heavy atom. The highest BCUT2D eigenvalue weighted by Crippen LogP contribution is 2.17. The van der Waals surface area contributed by atoms with E-state index >= 15 is 0 Å². The lowest BCUT2D eigenvalue weighted by atomic mass is 10.0. The number of unbranched alkanes of at least 4 members (excludes halogenated alkanes) is 8. The third kappa shape index (κ3) is 12.4. The first-order valence-electron chi connectivity index (χ1n) is 9.60. The molecule has 0 aromatic rings. The average Bonchev–Trinajstić information content (AvgIpc) is 2.53. The van der Waals surface area contributed by atoms with Crippen LogP contribution in [-0.4, -0.2) is 35.1 Å². The van der Waals surface area contributed by atoms with Crippen LogP contribution in [-0.2, 0) is 4.74 Å². The average molecular weight is 317 g/mol. The summed E-state index contributed by atoms with van der Waals surface area (Å²) in [5, 5.41) is 19.1. The molecule has 3 atom stereocenters. The van der Waals surface area contributed by atoms with Gasteiger partial charge in [-0.25, -0.2) is 0 Å². The maximum absolute atomic E-state index is 9.92. The summed E-state index contributed by atoms with van der Waals surface area (Å²) in [5.41, 5.74) is 0. The minimum absolute atomic E-state index is 0.167. The molecule has 0 aliphatic heterocycles. The Morgan fingerprint density at radius 3 is 1.86 bits per heavy atom. The smallest absolute Gasteiger partial charge is 0.103 e. The van der Waals surface area contributed by atoms with Gasteiger partial charge >= 0.3 is 0 Å². The van der Waals surface area contributed by atoms with Crippen molar-refractivity contribution < 1.29 is 14.9 Å². The molecule has 0 saturated heterocycles. The summed E-state index contributed by atoms with van der Waals surface area (Å²) in [6, 6.07) is 0. The number of hydrogen-bond acceptors (Lipinski definition) is 3. The highest BCUT2D eigenvalue weighted by atomic mass is 16.5. The highest BCUT2D eigenvalue weighted by molar-refractivity contribution is 4.70. The number of rotatable bonds is 16. The molecule has 0 heterocycles. The van der Waals surface area contributed by atoms with E-state index in [0.717, 1.165) is 25.7 Å². The van der Waals surface area contributed by atoms with E-state index in [2.05, 4.69) is 20.8 Å². The summed E-state index contributed by atoms with van der Waals surface area (Å²) < 4.78 is 5.95. The molecule has 2 N–H and O–H groups in total. The largest absolute Gasteiger partial charge is 0.394 e. The van der Waals surface area contributed by atoms with Crippen molar-refractivity contribution in [2.75, 3.05) is 6.61 Å². The molecule has 0 aromatic carbocycles. The second-order valence-electron chi connectivity index (χ2n) is 6.64. The zero-order chi connectivity index (χ0) is 16.6. The zero-order valence-electron chi connectivity index (χ0n) is 15.2. The molecule has 3 unspecified atom stereocenters. The molecule has 3 nitrogen and oxygen atoms in total. The van der Waals surface area contributed by atoms with Crippen molar-refractivity contribution in [1.29, 1.82) is 0 Å². The SMILES string of the molecule is CCCCCCCCCCC(OC(C)CCCC)C(O)CO. The Hall–Kier alpha value is -0.120. The predicted molar refractivity (Wildman–Crippen MR) is 94.2 cm³/mol. The van der Waals surface area contributed by atoms with Crippen LogP contribution in [0.15, 0.2) is 0 Å². The first kappa shape index (κ1) is 21.9. The van der Waals surface area contributed by atoms with E-state index in [-0.39, 0.29) is 18.8 Å². The second-order valence-corrected chi connectivity index (χ2v) is 6.64. The molecule has 0 aromatic heterocycles. The van der Waals surface area contributed by atoms with Gasteiger partial charge in [0.2, 0.25) is 0 Å². The third-order valence-corrected chi connectivity index (χ3v) is 4.33. The lowest BCUT2D eigenvalue weighted by molar-refractivity contribution is -0.0918.